The van der Waals surface area contributed by atoms with Gasteiger partial charge in [-0.25, -0.2) is 0 Å². The zero-order valence-electron chi connectivity index (χ0n) is 29.1. The van der Waals surface area contributed by atoms with Gasteiger partial charge >= 0.3 is 0 Å². The summed E-state index contributed by atoms with van der Waals surface area (Å²) in [5.41, 5.74) is 15.3. The zero-order valence-corrected chi connectivity index (χ0v) is 32.3. The Morgan fingerprint density at radius 1 is 0.365 bits per heavy atom. The van der Waals surface area contributed by atoms with Crippen LogP contribution in [0.5, 0.6) is 0 Å². The average molecular weight is 741 g/mol. The quantitative estimate of drug-likeness (QED) is 0.170. The predicted molar refractivity (Wildman–Crippen MR) is 231 cm³/mol. The van der Waals surface area contributed by atoms with Gasteiger partial charge in [-0.05, 0) is 87.4 Å². The SMILES string of the molecule is Cc1ccc(-c2cc3c(s2)c2sc4cc5c(cc4c2n3-c2ccc(C)cc2)sc2c3sc(-c4ccc(C)cc4)cc3n(-c3ccc(C)cc3)c52)cc1. The number of aromatic nitrogens is 2. The molecule has 0 bridgehead atoms. The lowest BCUT2D eigenvalue weighted by molar-refractivity contribution is 1.18. The van der Waals surface area contributed by atoms with Crippen molar-refractivity contribution in [2.24, 2.45) is 0 Å². The Hall–Kier alpha value is -4.98. The fourth-order valence-corrected chi connectivity index (χ4v) is 12.7. The minimum Gasteiger partial charge on any atom is -0.307 e. The average Bonchev–Trinajstić information content (AvgIpc) is 3.98. The van der Waals surface area contributed by atoms with Crippen LogP contribution in [0.4, 0.5) is 0 Å². The van der Waals surface area contributed by atoms with Crippen LogP contribution in [-0.4, -0.2) is 9.13 Å². The largest absolute Gasteiger partial charge is 0.307 e. The van der Waals surface area contributed by atoms with E-state index in [2.05, 4.69) is 158 Å². The number of aryl methyl sites for hydroxylation is 4. The molecule has 2 nitrogen and oxygen atoms in total. The highest BCUT2D eigenvalue weighted by atomic mass is 32.1. The standard InChI is InChI=1S/C46H32N2S4/c1-25-5-13-29(14-6-25)37-23-35-43(49-37)45-41(47(35)31-17-9-27(3)10-18-31)33-21-40-34(22-39(33)51-45)42-46(52-40)44-36(48(42)32-19-11-28(4)12-20-32)24-38(50-44)30-15-7-26(2)8-16-30/h5-24H,1-4H3. The molecule has 6 aromatic heterocycles. The second kappa shape index (κ2) is 11.3. The van der Waals surface area contributed by atoms with Gasteiger partial charge in [-0.1, -0.05) is 95.1 Å². The number of hydrogen-bond donors (Lipinski definition) is 0. The normalized spacial score (nSPS) is 12.2. The molecule has 0 aliphatic heterocycles. The first kappa shape index (κ1) is 30.6. The minimum atomic E-state index is 1.21. The van der Waals surface area contributed by atoms with E-state index in [1.807, 2.05) is 45.3 Å². The van der Waals surface area contributed by atoms with Crippen LogP contribution in [0.25, 0.3) is 93.3 Å². The molecule has 6 heteroatoms. The van der Waals surface area contributed by atoms with Gasteiger partial charge in [0.25, 0.3) is 0 Å². The number of thiophene rings is 4. The Bertz CT molecular complexity index is 2950. The first-order valence-electron chi connectivity index (χ1n) is 17.6. The molecule has 0 atom stereocenters. The Morgan fingerprint density at radius 2 is 0.712 bits per heavy atom. The Kier molecular flexibility index (Phi) is 6.63. The fraction of sp³-hybridized carbons (Fsp3) is 0.0870. The molecule has 0 aliphatic carbocycles. The first-order chi connectivity index (χ1) is 25.4. The molecule has 0 saturated carbocycles. The van der Waals surface area contributed by atoms with E-state index >= 15 is 0 Å². The Morgan fingerprint density at radius 3 is 1.08 bits per heavy atom. The number of rotatable bonds is 4. The summed E-state index contributed by atoms with van der Waals surface area (Å²) in [6.45, 7) is 8.64. The minimum absolute atomic E-state index is 1.21. The van der Waals surface area contributed by atoms with Crippen LogP contribution in [0.2, 0.25) is 0 Å². The third-order valence-electron chi connectivity index (χ3n) is 10.5. The van der Waals surface area contributed by atoms with Gasteiger partial charge in [-0.2, -0.15) is 0 Å². The third-order valence-corrected chi connectivity index (χ3v) is 15.4. The highest BCUT2D eigenvalue weighted by molar-refractivity contribution is 7.33. The molecular weight excluding hydrogens is 709 g/mol. The van der Waals surface area contributed by atoms with Gasteiger partial charge in [0.1, 0.15) is 0 Å². The van der Waals surface area contributed by atoms with Crippen molar-refractivity contribution in [3.63, 3.8) is 0 Å². The van der Waals surface area contributed by atoms with Crippen LogP contribution >= 0.6 is 45.3 Å². The molecule has 0 amide bonds. The lowest BCUT2D eigenvalue weighted by Crippen LogP contribution is -1.93. The van der Waals surface area contributed by atoms with Gasteiger partial charge in [0.05, 0.1) is 40.9 Å². The molecule has 0 unspecified atom stereocenters. The van der Waals surface area contributed by atoms with E-state index < -0.39 is 0 Å². The van der Waals surface area contributed by atoms with E-state index in [0.717, 1.165) is 0 Å². The summed E-state index contributed by atoms with van der Waals surface area (Å²) in [6.07, 6.45) is 0. The summed E-state index contributed by atoms with van der Waals surface area (Å²) in [7, 11) is 0. The second-order valence-electron chi connectivity index (χ2n) is 14.1. The maximum Gasteiger partial charge on any atom is 0.0736 e. The van der Waals surface area contributed by atoms with Crippen LogP contribution in [0.1, 0.15) is 22.3 Å². The molecule has 52 heavy (non-hydrogen) atoms. The molecule has 0 N–H and O–H groups in total. The summed E-state index contributed by atoms with van der Waals surface area (Å²) in [5.74, 6) is 0. The van der Waals surface area contributed by atoms with Crippen LogP contribution in [0, 0.1) is 27.7 Å². The summed E-state index contributed by atoms with van der Waals surface area (Å²) in [5, 5.41) is 2.67. The highest BCUT2D eigenvalue weighted by Gasteiger charge is 2.25. The van der Waals surface area contributed by atoms with Gasteiger partial charge in [0, 0.05) is 41.3 Å². The van der Waals surface area contributed by atoms with E-state index in [0.29, 0.717) is 0 Å². The van der Waals surface area contributed by atoms with Gasteiger partial charge in [0.15, 0.2) is 0 Å². The maximum absolute atomic E-state index is 2.52. The lowest BCUT2D eigenvalue weighted by Gasteiger charge is -2.09. The first-order valence-corrected chi connectivity index (χ1v) is 20.8. The van der Waals surface area contributed by atoms with Gasteiger partial charge in [0.2, 0.25) is 0 Å². The van der Waals surface area contributed by atoms with Crippen molar-refractivity contribution < 1.29 is 0 Å². The van der Waals surface area contributed by atoms with Gasteiger partial charge in [-0.3, -0.25) is 0 Å². The van der Waals surface area contributed by atoms with Crippen LogP contribution in [0.3, 0.4) is 0 Å². The number of fused-ring (bicyclic) bond motifs is 10. The van der Waals surface area contributed by atoms with Gasteiger partial charge in [-0.15, -0.1) is 45.3 Å². The van der Waals surface area contributed by atoms with Gasteiger partial charge < -0.3 is 9.13 Å². The molecule has 5 aromatic carbocycles. The molecule has 0 radical (unpaired) electrons. The number of hydrogen-bond acceptors (Lipinski definition) is 4. The molecule has 0 spiro atoms. The highest BCUT2D eigenvalue weighted by Crippen LogP contribution is 2.52. The van der Waals surface area contributed by atoms with Crippen molar-refractivity contribution in [2.75, 3.05) is 0 Å². The molecule has 11 aromatic rings. The fourth-order valence-electron chi connectivity index (χ4n) is 7.72. The molecule has 0 fully saturated rings. The van der Waals surface area contributed by atoms with Crippen molar-refractivity contribution in [3.05, 3.63) is 144 Å². The van der Waals surface area contributed by atoms with Crippen molar-refractivity contribution in [2.45, 2.75) is 27.7 Å². The van der Waals surface area contributed by atoms with Crippen molar-refractivity contribution in [3.8, 4) is 32.3 Å². The van der Waals surface area contributed by atoms with Crippen LogP contribution < -0.4 is 0 Å². The monoisotopic (exact) mass is 740 g/mol. The molecule has 6 heterocycles. The van der Waals surface area contributed by atoms with E-state index in [-0.39, 0.29) is 0 Å². The summed E-state index contributed by atoms with van der Waals surface area (Å²) in [6, 6.07) is 45.8. The second-order valence-corrected chi connectivity index (χ2v) is 18.3. The van der Waals surface area contributed by atoms with E-state index in [1.165, 1.54) is 116 Å². The maximum atomic E-state index is 2.52. The summed E-state index contributed by atoms with van der Waals surface area (Å²) < 4.78 is 13.2. The topological polar surface area (TPSA) is 9.86 Å². The Balaban J connectivity index is 1.20. The zero-order chi connectivity index (χ0) is 34.8. The molecule has 11 rings (SSSR count). The molecule has 250 valence electrons. The molecule has 0 aliphatic rings. The van der Waals surface area contributed by atoms with E-state index in [9.17, 15) is 0 Å². The summed E-state index contributed by atoms with van der Waals surface area (Å²) >= 11 is 7.74. The molecule has 0 saturated heterocycles. The van der Waals surface area contributed by atoms with Crippen molar-refractivity contribution in [1.29, 1.82) is 0 Å². The predicted octanol–water partition coefficient (Wildman–Crippen LogP) is 15.0. The van der Waals surface area contributed by atoms with Crippen LogP contribution in [0.15, 0.2) is 121 Å². The summed E-state index contributed by atoms with van der Waals surface area (Å²) in [4.78, 5) is 2.63. The number of benzene rings is 5. The lowest BCUT2D eigenvalue weighted by atomic mass is 10.1. The van der Waals surface area contributed by atoms with E-state index in [4.69, 9.17) is 0 Å². The van der Waals surface area contributed by atoms with E-state index in [1.54, 1.807) is 0 Å². The smallest absolute Gasteiger partial charge is 0.0736 e. The number of nitrogens with zero attached hydrogens (tertiary/aromatic N) is 2. The van der Waals surface area contributed by atoms with Crippen LogP contribution in [-0.2, 0) is 0 Å². The van der Waals surface area contributed by atoms with Crippen molar-refractivity contribution in [1.82, 2.24) is 9.13 Å². The third kappa shape index (κ3) is 4.51. The Labute approximate surface area is 317 Å². The molecular formula is C46H32N2S4. The van der Waals surface area contributed by atoms with Crippen molar-refractivity contribution >= 4 is 106 Å².